The summed E-state index contributed by atoms with van der Waals surface area (Å²) in [5, 5.41) is 7.67. The van der Waals surface area contributed by atoms with Crippen LogP contribution >= 0.6 is 0 Å². The molecular formula is C17H15N3O. The molecule has 0 aliphatic heterocycles. The Morgan fingerprint density at radius 3 is 2.57 bits per heavy atom. The van der Waals surface area contributed by atoms with Crippen molar-refractivity contribution in [1.29, 1.82) is 0 Å². The van der Waals surface area contributed by atoms with Crippen molar-refractivity contribution in [3.05, 3.63) is 66.4 Å². The molecule has 0 saturated heterocycles. The van der Waals surface area contributed by atoms with Gasteiger partial charge in [0, 0.05) is 11.6 Å². The molecule has 0 unspecified atom stereocenters. The Hall–Kier alpha value is -2.88. The van der Waals surface area contributed by atoms with Gasteiger partial charge in [0.05, 0.1) is 5.69 Å². The van der Waals surface area contributed by atoms with Crippen molar-refractivity contribution in [3.8, 4) is 0 Å². The van der Waals surface area contributed by atoms with Crippen molar-refractivity contribution < 1.29 is 4.79 Å². The third kappa shape index (κ3) is 3.00. The van der Waals surface area contributed by atoms with Gasteiger partial charge in [-0.25, -0.2) is 9.78 Å². The normalized spacial score (nSPS) is 10.3. The van der Waals surface area contributed by atoms with E-state index in [9.17, 15) is 4.79 Å². The first-order valence-corrected chi connectivity index (χ1v) is 6.71. The lowest BCUT2D eigenvalue weighted by atomic mass is 10.1. The van der Waals surface area contributed by atoms with Crippen molar-refractivity contribution in [3.63, 3.8) is 0 Å². The van der Waals surface area contributed by atoms with Crippen LogP contribution in [0.4, 0.5) is 16.3 Å². The highest BCUT2D eigenvalue weighted by Crippen LogP contribution is 2.23. The number of aryl methyl sites for hydroxylation is 1. The number of amides is 2. The fourth-order valence-corrected chi connectivity index (χ4v) is 2.15. The van der Waals surface area contributed by atoms with Crippen LogP contribution in [0.25, 0.3) is 10.8 Å². The molecule has 21 heavy (non-hydrogen) atoms. The average molecular weight is 277 g/mol. The molecule has 0 saturated carbocycles. The monoisotopic (exact) mass is 277 g/mol. The van der Waals surface area contributed by atoms with E-state index < -0.39 is 0 Å². The van der Waals surface area contributed by atoms with Gasteiger partial charge in [-0.1, -0.05) is 42.5 Å². The van der Waals surface area contributed by atoms with Crippen molar-refractivity contribution in [2.75, 3.05) is 10.6 Å². The van der Waals surface area contributed by atoms with Gasteiger partial charge in [-0.2, -0.15) is 0 Å². The summed E-state index contributed by atoms with van der Waals surface area (Å²) in [6, 6.07) is 17.1. The van der Waals surface area contributed by atoms with E-state index in [2.05, 4.69) is 15.6 Å². The Morgan fingerprint density at radius 1 is 0.952 bits per heavy atom. The molecule has 3 aromatic rings. The number of hydrogen-bond donors (Lipinski definition) is 2. The Labute approximate surface area is 122 Å². The zero-order valence-electron chi connectivity index (χ0n) is 11.6. The number of aromatic nitrogens is 1. The van der Waals surface area contributed by atoms with E-state index in [1.54, 1.807) is 12.3 Å². The molecule has 2 amide bonds. The molecule has 3 rings (SSSR count). The van der Waals surface area contributed by atoms with Crippen LogP contribution in [0.2, 0.25) is 0 Å². The second-order valence-electron chi connectivity index (χ2n) is 4.83. The molecule has 0 spiro atoms. The second kappa shape index (κ2) is 5.63. The van der Waals surface area contributed by atoms with Gasteiger partial charge in [-0.3, -0.25) is 5.32 Å². The summed E-state index contributed by atoms with van der Waals surface area (Å²) in [7, 11) is 0. The lowest BCUT2D eigenvalue weighted by molar-refractivity contribution is 0.262. The van der Waals surface area contributed by atoms with Crippen LogP contribution < -0.4 is 10.6 Å². The van der Waals surface area contributed by atoms with E-state index in [1.165, 1.54) is 0 Å². The molecule has 1 aromatic heterocycles. The number of carbonyl (C=O) groups is 1. The number of urea groups is 1. The maximum Gasteiger partial charge on any atom is 0.324 e. The summed E-state index contributed by atoms with van der Waals surface area (Å²) < 4.78 is 0. The van der Waals surface area contributed by atoms with Crippen LogP contribution in [0.3, 0.4) is 0 Å². The van der Waals surface area contributed by atoms with Gasteiger partial charge < -0.3 is 5.32 Å². The predicted molar refractivity (Wildman–Crippen MR) is 85.6 cm³/mol. The molecular weight excluding hydrogens is 262 g/mol. The molecule has 0 aliphatic carbocycles. The van der Waals surface area contributed by atoms with E-state index in [1.807, 2.05) is 55.5 Å². The molecule has 4 heteroatoms. The standard InChI is InChI=1S/C17H15N3O/c1-12-9-10-16(18-11-12)20-17(21)19-15-8-4-6-13-5-2-3-7-14(13)15/h2-11H,1H3,(H2,18,19,20,21). The number of carbonyl (C=O) groups excluding carboxylic acids is 1. The number of nitrogens with one attached hydrogen (secondary N) is 2. The number of rotatable bonds is 2. The molecule has 0 atom stereocenters. The number of nitrogens with zero attached hydrogens (tertiary/aromatic N) is 1. The Kier molecular flexibility index (Phi) is 3.51. The largest absolute Gasteiger partial charge is 0.324 e. The van der Waals surface area contributed by atoms with Gasteiger partial charge in [0.2, 0.25) is 0 Å². The maximum atomic E-state index is 12.0. The summed E-state index contributed by atoms with van der Waals surface area (Å²) in [6.07, 6.45) is 1.72. The fraction of sp³-hybridized carbons (Fsp3) is 0.0588. The van der Waals surface area contributed by atoms with Crippen LogP contribution in [0.1, 0.15) is 5.56 Å². The molecule has 0 aliphatic rings. The van der Waals surface area contributed by atoms with Gasteiger partial charge in [-0.15, -0.1) is 0 Å². The van der Waals surface area contributed by atoms with Crippen LogP contribution in [-0.2, 0) is 0 Å². The third-order valence-corrected chi connectivity index (χ3v) is 3.19. The summed E-state index contributed by atoms with van der Waals surface area (Å²) >= 11 is 0. The lowest BCUT2D eigenvalue weighted by Crippen LogP contribution is -2.20. The molecule has 2 N–H and O–H groups in total. The maximum absolute atomic E-state index is 12.0. The highest BCUT2D eigenvalue weighted by atomic mass is 16.2. The van der Waals surface area contributed by atoms with Crippen LogP contribution in [-0.4, -0.2) is 11.0 Å². The minimum Gasteiger partial charge on any atom is -0.307 e. The quantitative estimate of drug-likeness (QED) is 0.738. The first-order valence-electron chi connectivity index (χ1n) is 6.71. The average Bonchev–Trinajstić information content (AvgIpc) is 2.50. The van der Waals surface area contributed by atoms with E-state index in [4.69, 9.17) is 0 Å². The number of fused-ring (bicyclic) bond motifs is 1. The highest BCUT2D eigenvalue weighted by Gasteiger charge is 2.06. The van der Waals surface area contributed by atoms with Crippen molar-refractivity contribution in [1.82, 2.24) is 4.98 Å². The molecule has 104 valence electrons. The summed E-state index contributed by atoms with van der Waals surface area (Å²) in [5.41, 5.74) is 1.83. The first kappa shape index (κ1) is 13.1. The van der Waals surface area contributed by atoms with Crippen molar-refractivity contribution in [2.45, 2.75) is 6.92 Å². The summed E-state index contributed by atoms with van der Waals surface area (Å²) in [5.74, 6) is 0.526. The molecule has 0 fully saturated rings. The van der Waals surface area contributed by atoms with E-state index in [-0.39, 0.29) is 6.03 Å². The SMILES string of the molecule is Cc1ccc(NC(=O)Nc2cccc3ccccc23)nc1. The third-order valence-electron chi connectivity index (χ3n) is 3.19. The predicted octanol–water partition coefficient (Wildman–Crippen LogP) is 4.19. The van der Waals surface area contributed by atoms with Gasteiger partial charge in [0.1, 0.15) is 5.82 Å². The topological polar surface area (TPSA) is 54.0 Å². The minimum atomic E-state index is -0.303. The van der Waals surface area contributed by atoms with Crippen LogP contribution in [0.15, 0.2) is 60.8 Å². The van der Waals surface area contributed by atoms with E-state index in [0.29, 0.717) is 5.82 Å². The van der Waals surface area contributed by atoms with Gasteiger partial charge in [-0.05, 0) is 30.0 Å². The molecule has 4 nitrogen and oxygen atoms in total. The van der Waals surface area contributed by atoms with Crippen molar-refractivity contribution in [2.24, 2.45) is 0 Å². The molecule has 0 radical (unpaired) electrons. The summed E-state index contributed by atoms with van der Waals surface area (Å²) in [4.78, 5) is 16.2. The zero-order valence-corrected chi connectivity index (χ0v) is 11.6. The van der Waals surface area contributed by atoms with Crippen molar-refractivity contribution >= 4 is 28.3 Å². The van der Waals surface area contributed by atoms with E-state index in [0.717, 1.165) is 22.0 Å². The Bertz CT molecular complexity index is 776. The smallest absolute Gasteiger partial charge is 0.307 e. The van der Waals surface area contributed by atoms with Gasteiger partial charge in [0.15, 0.2) is 0 Å². The van der Waals surface area contributed by atoms with Crippen LogP contribution in [0, 0.1) is 6.92 Å². The number of anilines is 2. The minimum absolute atomic E-state index is 0.303. The summed E-state index contributed by atoms with van der Waals surface area (Å²) in [6.45, 7) is 1.95. The number of hydrogen-bond acceptors (Lipinski definition) is 2. The van der Waals surface area contributed by atoms with Crippen LogP contribution in [0.5, 0.6) is 0 Å². The fourth-order valence-electron chi connectivity index (χ4n) is 2.15. The second-order valence-corrected chi connectivity index (χ2v) is 4.83. The first-order chi connectivity index (χ1) is 10.2. The molecule has 1 heterocycles. The van der Waals surface area contributed by atoms with Gasteiger partial charge in [0.25, 0.3) is 0 Å². The zero-order chi connectivity index (χ0) is 14.7. The Balaban J connectivity index is 1.79. The molecule has 2 aromatic carbocycles. The highest BCUT2D eigenvalue weighted by molar-refractivity contribution is 6.05. The van der Waals surface area contributed by atoms with Gasteiger partial charge >= 0.3 is 6.03 Å². The Morgan fingerprint density at radius 2 is 1.76 bits per heavy atom. The number of pyridine rings is 1. The number of benzene rings is 2. The lowest BCUT2D eigenvalue weighted by Gasteiger charge is -2.09. The molecule has 0 bridgehead atoms. The van der Waals surface area contributed by atoms with E-state index >= 15 is 0 Å².